The van der Waals surface area contributed by atoms with E-state index in [1.807, 2.05) is 43.3 Å². The van der Waals surface area contributed by atoms with Crippen molar-refractivity contribution in [2.75, 3.05) is 19.0 Å². The van der Waals surface area contributed by atoms with E-state index >= 15 is 0 Å². The van der Waals surface area contributed by atoms with Crippen LogP contribution < -0.4 is 15.7 Å². The standard InChI is InChI=1S/C18H31N2O2P/c1-13(2)17-11-6-14(3)12-18(17)22-23(19,21)16-9-7-15(8-10-16)20(4)5/h7-10,13-14,17-18H,6,11-12H2,1-5H3,(H2,19,21)/t14-,17-,18+,23+/m1/s1. The molecule has 0 aromatic heterocycles. The van der Waals surface area contributed by atoms with Crippen molar-refractivity contribution in [2.45, 2.75) is 46.1 Å². The average molecular weight is 338 g/mol. The molecule has 0 aliphatic heterocycles. The number of rotatable bonds is 5. The lowest BCUT2D eigenvalue weighted by Gasteiger charge is -2.38. The Balaban J connectivity index is 2.16. The second-order valence-corrected chi connectivity index (χ2v) is 9.40. The maximum absolute atomic E-state index is 13.0. The van der Waals surface area contributed by atoms with Gasteiger partial charge < -0.3 is 9.42 Å². The van der Waals surface area contributed by atoms with Gasteiger partial charge in [-0.2, -0.15) is 0 Å². The molecule has 2 N–H and O–H groups in total. The highest BCUT2D eigenvalue weighted by Gasteiger charge is 2.36. The van der Waals surface area contributed by atoms with Crippen LogP contribution in [-0.2, 0) is 9.09 Å². The molecular formula is C18H31N2O2P. The predicted octanol–water partition coefficient (Wildman–Crippen LogP) is 4.01. The molecule has 0 radical (unpaired) electrons. The number of hydrogen-bond acceptors (Lipinski definition) is 3. The van der Waals surface area contributed by atoms with Gasteiger partial charge in [0.05, 0.1) is 11.4 Å². The van der Waals surface area contributed by atoms with Crippen LogP contribution in [0.4, 0.5) is 5.69 Å². The SMILES string of the molecule is CC(C)[C@H]1CC[C@@H](C)C[C@@H]1O[P@@](N)(=O)c1ccc(N(C)C)cc1. The maximum atomic E-state index is 13.0. The van der Waals surface area contributed by atoms with E-state index in [-0.39, 0.29) is 6.10 Å². The zero-order valence-electron chi connectivity index (χ0n) is 15.0. The second kappa shape index (κ2) is 7.38. The Bertz CT molecular complexity index is 557. The first-order chi connectivity index (χ1) is 10.7. The van der Waals surface area contributed by atoms with Crippen molar-refractivity contribution in [3.63, 3.8) is 0 Å². The molecule has 1 aliphatic carbocycles. The van der Waals surface area contributed by atoms with Crippen LogP contribution in [0.25, 0.3) is 0 Å². The third-order valence-corrected chi connectivity index (χ3v) is 6.58. The molecule has 5 heteroatoms. The third kappa shape index (κ3) is 4.59. The van der Waals surface area contributed by atoms with Crippen LogP contribution in [0.2, 0.25) is 0 Å². The van der Waals surface area contributed by atoms with Gasteiger partial charge in [-0.3, -0.25) is 10.1 Å². The van der Waals surface area contributed by atoms with Gasteiger partial charge in [-0.05, 0) is 54.9 Å². The molecule has 1 aromatic rings. The second-order valence-electron chi connectivity index (χ2n) is 7.48. The largest absolute Gasteiger partial charge is 0.378 e. The molecule has 4 atom stereocenters. The van der Waals surface area contributed by atoms with Gasteiger partial charge in [-0.1, -0.05) is 27.2 Å². The molecule has 0 spiro atoms. The van der Waals surface area contributed by atoms with Crippen LogP contribution in [0.5, 0.6) is 0 Å². The highest BCUT2D eigenvalue weighted by atomic mass is 31.2. The van der Waals surface area contributed by atoms with Crippen molar-refractivity contribution < 1.29 is 9.09 Å². The smallest absolute Gasteiger partial charge is 0.297 e. The van der Waals surface area contributed by atoms with Gasteiger partial charge in [0.2, 0.25) is 0 Å². The number of anilines is 1. The summed E-state index contributed by atoms with van der Waals surface area (Å²) in [5.41, 5.74) is 7.18. The zero-order chi connectivity index (χ0) is 17.2. The molecule has 1 saturated carbocycles. The van der Waals surface area contributed by atoms with Gasteiger partial charge in [-0.15, -0.1) is 0 Å². The summed E-state index contributed by atoms with van der Waals surface area (Å²) < 4.78 is 19.0. The fraction of sp³-hybridized carbons (Fsp3) is 0.667. The van der Waals surface area contributed by atoms with Gasteiger partial charge in [-0.25, -0.2) is 0 Å². The Morgan fingerprint density at radius 1 is 1.22 bits per heavy atom. The van der Waals surface area contributed by atoms with Crippen molar-refractivity contribution in [1.29, 1.82) is 0 Å². The van der Waals surface area contributed by atoms with E-state index in [2.05, 4.69) is 20.8 Å². The zero-order valence-corrected chi connectivity index (χ0v) is 15.9. The van der Waals surface area contributed by atoms with Crippen molar-refractivity contribution in [3.05, 3.63) is 24.3 Å². The lowest BCUT2D eigenvalue weighted by molar-refractivity contribution is 0.0498. The van der Waals surface area contributed by atoms with Crippen molar-refractivity contribution >= 4 is 18.5 Å². The molecule has 0 amide bonds. The van der Waals surface area contributed by atoms with E-state index < -0.39 is 7.52 Å². The fourth-order valence-electron chi connectivity index (χ4n) is 3.46. The van der Waals surface area contributed by atoms with Crippen molar-refractivity contribution in [1.82, 2.24) is 0 Å². The molecule has 0 heterocycles. The number of nitrogens with two attached hydrogens (primary N) is 1. The molecule has 130 valence electrons. The molecule has 1 aliphatic rings. The summed E-state index contributed by atoms with van der Waals surface area (Å²) in [7, 11) is 0.667. The van der Waals surface area contributed by atoms with Gasteiger partial charge in [0.1, 0.15) is 0 Å². The molecule has 1 aromatic carbocycles. The molecule has 2 rings (SSSR count). The molecular weight excluding hydrogens is 307 g/mol. The molecule has 23 heavy (non-hydrogen) atoms. The first kappa shape index (κ1) is 18.5. The van der Waals surface area contributed by atoms with Crippen LogP contribution >= 0.6 is 7.52 Å². The van der Waals surface area contributed by atoms with Gasteiger partial charge >= 0.3 is 0 Å². The first-order valence-corrected chi connectivity index (χ1v) is 10.2. The minimum Gasteiger partial charge on any atom is -0.378 e. The van der Waals surface area contributed by atoms with Crippen LogP contribution in [0, 0.1) is 17.8 Å². The maximum Gasteiger partial charge on any atom is 0.297 e. The summed E-state index contributed by atoms with van der Waals surface area (Å²) >= 11 is 0. The van der Waals surface area contributed by atoms with Crippen molar-refractivity contribution in [3.8, 4) is 0 Å². The minimum absolute atomic E-state index is 0.0110. The normalized spacial score (nSPS) is 27.7. The topological polar surface area (TPSA) is 55.6 Å². The molecule has 1 fully saturated rings. The highest BCUT2D eigenvalue weighted by Crippen LogP contribution is 2.45. The fourth-order valence-corrected chi connectivity index (χ4v) is 4.79. The van der Waals surface area contributed by atoms with E-state index in [1.165, 1.54) is 6.42 Å². The Kier molecular flexibility index (Phi) is 5.94. The number of nitrogens with zero attached hydrogens (tertiary/aromatic N) is 1. The van der Waals surface area contributed by atoms with E-state index in [9.17, 15) is 4.57 Å². The summed E-state index contributed by atoms with van der Waals surface area (Å²) in [6.45, 7) is 6.66. The molecule has 0 bridgehead atoms. The summed E-state index contributed by atoms with van der Waals surface area (Å²) in [6.07, 6.45) is 3.28. The average Bonchev–Trinajstić information content (AvgIpc) is 2.46. The van der Waals surface area contributed by atoms with E-state index in [1.54, 1.807) is 0 Å². The summed E-state index contributed by atoms with van der Waals surface area (Å²) in [4.78, 5) is 2.00. The minimum atomic E-state index is -3.29. The van der Waals surface area contributed by atoms with Crippen LogP contribution in [-0.4, -0.2) is 20.2 Å². The first-order valence-electron chi connectivity index (χ1n) is 8.55. The van der Waals surface area contributed by atoms with Crippen LogP contribution in [0.1, 0.15) is 40.0 Å². The molecule has 0 saturated heterocycles. The van der Waals surface area contributed by atoms with Crippen LogP contribution in [0.3, 0.4) is 0 Å². The number of benzene rings is 1. The van der Waals surface area contributed by atoms with Gasteiger partial charge in [0.15, 0.2) is 0 Å². The predicted molar refractivity (Wildman–Crippen MR) is 98.4 cm³/mol. The Hall–Kier alpha value is -0.830. The third-order valence-electron chi connectivity index (χ3n) is 4.98. The quantitative estimate of drug-likeness (QED) is 0.824. The summed E-state index contributed by atoms with van der Waals surface area (Å²) in [6, 6.07) is 7.52. The summed E-state index contributed by atoms with van der Waals surface area (Å²) in [5.74, 6) is 1.55. The Morgan fingerprint density at radius 2 is 1.83 bits per heavy atom. The number of hydrogen-bond donors (Lipinski definition) is 1. The Morgan fingerprint density at radius 3 is 2.35 bits per heavy atom. The molecule has 0 unspecified atom stereocenters. The lowest BCUT2D eigenvalue weighted by Crippen LogP contribution is -2.35. The molecule has 4 nitrogen and oxygen atoms in total. The van der Waals surface area contributed by atoms with Gasteiger partial charge in [0, 0.05) is 19.8 Å². The van der Waals surface area contributed by atoms with E-state index in [4.69, 9.17) is 10.0 Å². The van der Waals surface area contributed by atoms with Gasteiger partial charge in [0.25, 0.3) is 7.52 Å². The lowest BCUT2D eigenvalue weighted by atomic mass is 9.75. The highest BCUT2D eigenvalue weighted by molar-refractivity contribution is 7.64. The van der Waals surface area contributed by atoms with Crippen molar-refractivity contribution in [2.24, 2.45) is 23.3 Å². The summed E-state index contributed by atoms with van der Waals surface area (Å²) in [5, 5.41) is 0.601. The monoisotopic (exact) mass is 338 g/mol. The van der Waals surface area contributed by atoms with Crippen LogP contribution in [0.15, 0.2) is 24.3 Å². The van der Waals surface area contributed by atoms with E-state index in [0.717, 1.165) is 18.5 Å². The van der Waals surface area contributed by atoms with E-state index in [0.29, 0.717) is 23.1 Å². The Labute approximate surface area is 140 Å².